The maximum Gasteiger partial charge on any atom is 0.573 e. The molecule has 0 aromatic heterocycles. The minimum atomic E-state index is -4.95. The van der Waals surface area contributed by atoms with Gasteiger partial charge in [-0.1, -0.05) is 12.1 Å². The fraction of sp³-hybridized carbons (Fsp3) is 0.500. The van der Waals surface area contributed by atoms with E-state index >= 15 is 0 Å². The van der Waals surface area contributed by atoms with Crippen molar-refractivity contribution in [2.45, 2.75) is 17.7 Å². The van der Waals surface area contributed by atoms with E-state index in [1.165, 1.54) is 12.1 Å². The van der Waals surface area contributed by atoms with Crippen LogP contribution in [0, 0.1) is 5.92 Å². The van der Waals surface area contributed by atoms with E-state index < -0.39 is 27.0 Å². The predicted molar refractivity (Wildman–Crippen MR) is 69.0 cm³/mol. The highest BCUT2D eigenvalue weighted by Crippen LogP contribution is 2.33. The number of alkyl halides is 3. The molecule has 1 saturated heterocycles. The van der Waals surface area contributed by atoms with Crippen molar-refractivity contribution in [2.24, 2.45) is 11.7 Å². The van der Waals surface area contributed by atoms with Crippen molar-refractivity contribution in [3.63, 3.8) is 0 Å². The highest BCUT2D eigenvalue weighted by molar-refractivity contribution is 7.89. The normalized spacial score (nSPS) is 20.7. The van der Waals surface area contributed by atoms with Gasteiger partial charge in [-0.2, -0.15) is 4.31 Å². The molecule has 1 aromatic carbocycles. The Hall–Kier alpha value is -1.32. The second-order valence-electron chi connectivity index (χ2n) is 4.75. The zero-order valence-corrected chi connectivity index (χ0v) is 11.8. The van der Waals surface area contributed by atoms with Gasteiger partial charge in [0.15, 0.2) is 0 Å². The number of halogens is 3. The summed E-state index contributed by atoms with van der Waals surface area (Å²) in [5.74, 6) is -0.698. The second kappa shape index (κ2) is 5.82. The van der Waals surface area contributed by atoms with Crippen molar-refractivity contribution in [1.29, 1.82) is 0 Å². The van der Waals surface area contributed by atoms with Crippen LogP contribution in [0.3, 0.4) is 0 Å². The van der Waals surface area contributed by atoms with Crippen LogP contribution in [0.25, 0.3) is 0 Å². The molecule has 1 heterocycles. The summed E-state index contributed by atoms with van der Waals surface area (Å²) in [6.07, 6.45) is -4.35. The highest BCUT2D eigenvalue weighted by Gasteiger charge is 2.37. The van der Waals surface area contributed by atoms with Crippen LogP contribution >= 0.6 is 0 Å². The number of ether oxygens (including phenoxy) is 1. The van der Waals surface area contributed by atoms with Gasteiger partial charge in [-0.25, -0.2) is 8.42 Å². The lowest BCUT2D eigenvalue weighted by atomic mass is 10.1. The molecule has 0 spiro atoms. The summed E-state index contributed by atoms with van der Waals surface area (Å²) in [4.78, 5) is -0.486. The van der Waals surface area contributed by atoms with E-state index in [2.05, 4.69) is 4.74 Å². The van der Waals surface area contributed by atoms with E-state index in [4.69, 9.17) is 5.73 Å². The standard InChI is InChI=1S/C12H15F3N2O3S/c13-12(14,15)20-10-3-1-2-4-11(10)21(18,19)17-6-5-9(7-16)8-17/h1-4,9H,5-8,16H2/t9-/m0/s1. The van der Waals surface area contributed by atoms with Crippen LogP contribution in [0.5, 0.6) is 5.75 Å². The quantitative estimate of drug-likeness (QED) is 0.912. The lowest BCUT2D eigenvalue weighted by molar-refractivity contribution is -0.275. The average Bonchev–Trinajstić information content (AvgIpc) is 2.86. The van der Waals surface area contributed by atoms with Crippen LogP contribution in [-0.4, -0.2) is 38.7 Å². The molecule has 2 rings (SSSR count). The first-order valence-electron chi connectivity index (χ1n) is 6.29. The van der Waals surface area contributed by atoms with Gasteiger partial charge < -0.3 is 10.5 Å². The zero-order valence-electron chi connectivity index (χ0n) is 11.0. The zero-order chi connectivity index (χ0) is 15.7. The topological polar surface area (TPSA) is 72.6 Å². The lowest BCUT2D eigenvalue weighted by Crippen LogP contribution is -2.31. The average molecular weight is 324 g/mol. The summed E-state index contributed by atoms with van der Waals surface area (Å²) in [6, 6.07) is 4.72. The van der Waals surface area contributed by atoms with Crippen molar-refractivity contribution < 1.29 is 26.3 Å². The summed E-state index contributed by atoms with van der Waals surface area (Å²) in [6.45, 7) is 0.788. The number of para-hydroxylation sites is 1. The Balaban J connectivity index is 2.33. The minimum Gasteiger partial charge on any atom is -0.404 e. The molecule has 1 aliphatic rings. The van der Waals surface area contributed by atoms with Crippen LogP contribution in [0.15, 0.2) is 29.2 Å². The fourth-order valence-electron chi connectivity index (χ4n) is 2.22. The molecule has 1 fully saturated rings. The number of rotatable bonds is 4. The predicted octanol–water partition coefficient (Wildman–Crippen LogP) is 1.55. The molecule has 118 valence electrons. The Morgan fingerprint density at radius 3 is 2.57 bits per heavy atom. The van der Waals surface area contributed by atoms with Crippen molar-refractivity contribution in [1.82, 2.24) is 4.31 Å². The molecule has 5 nitrogen and oxygen atoms in total. The van der Waals surface area contributed by atoms with E-state index in [0.717, 1.165) is 16.4 Å². The molecular formula is C12H15F3N2O3S. The highest BCUT2D eigenvalue weighted by atomic mass is 32.2. The van der Waals surface area contributed by atoms with Gasteiger partial charge in [0, 0.05) is 13.1 Å². The molecule has 0 saturated carbocycles. The van der Waals surface area contributed by atoms with Crippen molar-refractivity contribution in [2.75, 3.05) is 19.6 Å². The van der Waals surface area contributed by atoms with Crippen LogP contribution in [0.4, 0.5) is 13.2 Å². The molecule has 0 aliphatic carbocycles. The summed E-state index contributed by atoms with van der Waals surface area (Å²) >= 11 is 0. The van der Waals surface area contributed by atoms with Gasteiger partial charge in [-0.15, -0.1) is 13.2 Å². The molecule has 1 aromatic rings. The smallest absolute Gasteiger partial charge is 0.404 e. The summed E-state index contributed by atoms with van der Waals surface area (Å²) < 4.78 is 66.9. The number of nitrogens with zero attached hydrogens (tertiary/aromatic N) is 1. The Kier molecular flexibility index (Phi) is 4.45. The Labute approximate surface area is 120 Å². The van der Waals surface area contributed by atoms with Gasteiger partial charge in [0.25, 0.3) is 0 Å². The first kappa shape index (κ1) is 16.1. The van der Waals surface area contributed by atoms with E-state index in [0.29, 0.717) is 13.0 Å². The molecule has 2 N–H and O–H groups in total. The third-order valence-corrected chi connectivity index (χ3v) is 5.18. The van der Waals surface area contributed by atoms with E-state index in [9.17, 15) is 21.6 Å². The third-order valence-electron chi connectivity index (χ3n) is 3.27. The molecule has 21 heavy (non-hydrogen) atoms. The molecule has 0 unspecified atom stereocenters. The number of hydrogen-bond acceptors (Lipinski definition) is 4. The van der Waals surface area contributed by atoms with E-state index in [1.54, 1.807) is 0 Å². The lowest BCUT2D eigenvalue weighted by Gasteiger charge is -2.19. The molecule has 9 heteroatoms. The summed E-state index contributed by atoms with van der Waals surface area (Å²) in [5, 5.41) is 0. The largest absolute Gasteiger partial charge is 0.573 e. The van der Waals surface area contributed by atoms with E-state index in [1.807, 2.05) is 0 Å². The van der Waals surface area contributed by atoms with Crippen LogP contribution in [0.2, 0.25) is 0 Å². The maximum atomic E-state index is 12.4. The van der Waals surface area contributed by atoms with Gasteiger partial charge in [0.05, 0.1) is 0 Å². The number of benzene rings is 1. The van der Waals surface area contributed by atoms with Crippen molar-refractivity contribution in [3.05, 3.63) is 24.3 Å². The summed E-state index contributed by atoms with van der Waals surface area (Å²) in [7, 11) is -4.03. The molecule has 0 amide bonds. The Bertz CT molecular complexity index is 604. The minimum absolute atomic E-state index is 0.0236. The second-order valence-corrected chi connectivity index (χ2v) is 6.65. The Morgan fingerprint density at radius 1 is 1.33 bits per heavy atom. The van der Waals surface area contributed by atoms with Crippen LogP contribution < -0.4 is 10.5 Å². The first-order valence-corrected chi connectivity index (χ1v) is 7.73. The van der Waals surface area contributed by atoms with Crippen molar-refractivity contribution in [3.8, 4) is 5.75 Å². The van der Waals surface area contributed by atoms with Gasteiger partial charge >= 0.3 is 6.36 Å². The molecule has 0 bridgehead atoms. The summed E-state index contributed by atoms with van der Waals surface area (Å²) in [5.41, 5.74) is 5.50. The molecule has 0 radical (unpaired) electrons. The van der Waals surface area contributed by atoms with Gasteiger partial charge in [-0.05, 0) is 31.0 Å². The first-order chi connectivity index (χ1) is 9.74. The molecule has 1 atom stereocenters. The van der Waals surface area contributed by atoms with E-state index in [-0.39, 0.29) is 19.0 Å². The van der Waals surface area contributed by atoms with Crippen LogP contribution in [0.1, 0.15) is 6.42 Å². The van der Waals surface area contributed by atoms with Crippen molar-refractivity contribution >= 4 is 10.0 Å². The SMILES string of the molecule is NC[C@@H]1CCN(S(=O)(=O)c2ccccc2OC(F)(F)F)C1. The monoisotopic (exact) mass is 324 g/mol. The van der Waals surface area contributed by atoms with Gasteiger partial charge in [0.2, 0.25) is 10.0 Å². The van der Waals surface area contributed by atoms with Crippen LogP contribution in [-0.2, 0) is 10.0 Å². The van der Waals surface area contributed by atoms with Gasteiger partial charge in [0.1, 0.15) is 10.6 Å². The molecular weight excluding hydrogens is 309 g/mol. The number of sulfonamides is 1. The third kappa shape index (κ3) is 3.66. The van der Waals surface area contributed by atoms with Gasteiger partial charge in [-0.3, -0.25) is 0 Å². The molecule has 1 aliphatic heterocycles. The Morgan fingerprint density at radius 2 is 2.00 bits per heavy atom. The fourth-order valence-corrected chi connectivity index (χ4v) is 3.86. The number of hydrogen-bond donors (Lipinski definition) is 1. The number of nitrogens with two attached hydrogens (primary N) is 1. The maximum absolute atomic E-state index is 12.4.